The van der Waals surface area contributed by atoms with Crippen LogP contribution in [0.1, 0.15) is 20.8 Å². The van der Waals surface area contributed by atoms with Gasteiger partial charge in [-0.25, -0.2) is 4.79 Å². The zero-order valence-corrected chi connectivity index (χ0v) is 9.15. The van der Waals surface area contributed by atoms with Gasteiger partial charge in [-0.15, -0.1) is 0 Å². The Hall–Kier alpha value is -1.51. The highest BCUT2D eigenvalue weighted by Crippen LogP contribution is 2.24. The number of carbonyl (C=O) groups is 1. The molecular formula is C12H15O3. The van der Waals surface area contributed by atoms with Crippen molar-refractivity contribution in [1.82, 2.24) is 0 Å². The first-order valence-electron chi connectivity index (χ1n) is 4.77. The number of carboxylic acids is 1. The zero-order chi connectivity index (χ0) is 11.5. The van der Waals surface area contributed by atoms with Crippen LogP contribution in [0, 0.1) is 11.5 Å². The molecule has 0 saturated heterocycles. The molecule has 3 nitrogen and oxygen atoms in total. The van der Waals surface area contributed by atoms with Crippen LogP contribution in [0.15, 0.2) is 24.3 Å². The molecule has 3 heteroatoms. The first kappa shape index (κ1) is 11.6. The van der Waals surface area contributed by atoms with Gasteiger partial charge in [0, 0.05) is 5.41 Å². The summed E-state index contributed by atoms with van der Waals surface area (Å²) in [6, 6.07) is 9.68. The molecule has 0 bridgehead atoms. The Morgan fingerprint density at radius 1 is 1.53 bits per heavy atom. The van der Waals surface area contributed by atoms with Crippen LogP contribution >= 0.6 is 0 Å². The predicted molar refractivity (Wildman–Crippen MR) is 56.8 cm³/mol. The van der Waals surface area contributed by atoms with Gasteiger partial charge in [0.1, 0.15) is 5.75 Å². The molecule has 1 atom stereocenters. The molecule has 81 valence electrons. The van der Waals surface area contributed by atoms with Crippen LogP contribution in [-0.2, 0) is 4.79 Å². The second-order valence-corrected chi connectivity index (χ2v) is 4.44. The maximum atomic E-state index is 11.0. The number of ether oxygens (including phenoxy) is 1. The topological polar surface area (TPSA) is 46.5 Å². The summed E-state index contributed by atoms with van der Waals surface area (Å²) >= 11 is 0. The summed E-state index contributed by atoms with van der Waals surface area (Å²) in [7, 11) is 0. The molecule has 1 N–H and O–H groups in total. The molecule has 15 heavy (non-hydrogen) atoms. The Kier molecular flexibility index (Phi) is 3.35. The lowest BCUT2D eigenvalue weighted by Gasteiger charge is -2.27. The van der Waals surface area contributed by atoms with Crippen LogP contribution in [0.3, 0.4) is 0 Å². The largest absolute Gasteiger partial charge is 0.478 e. The number of benzene rings is 1. The van der Waals surface area contributed by atoms with E-state index in [0.717, 1.165) is 0 Å². The van der Waals surface area contributed by atoms with E-state index in [0.29, 0.717) is 5.75 Å². The lowest BCUT2D eigenvalue weighted by atomic mass is 9.89. The number of hydrogen-bond acceptors (Lipinski definition) is 2. The molecular weight excluding hydrogens is 192 g/mol. The summed E-state index contributed by atoms with van der Waals surface area (Å²) < 4.78 is 5.41. The minimum absolute atomic E-state index is 0.443. The summed E-state index contributed by atoms with van der Waals surface area (Å²) in [4.78, 5) is 11.0. The molecule has 0 aromatic heterocycles. The van der Waals surface area contributed by atoms with Gasteiger partial charge in [-0.1, -0.05) is 32.9 Å². The number of aliphatic carboxylic acids is 1. The minimum atomic E-state index is -0.952. The molecule has 0 saturated carbocycles. The maximum Gasteiger partial charge on any atom is 0.345 e. The molecule has 1 radical (unpaired) electrons. The molecule has 1 aromatic carbocycles. The summed E-state index contributed by atoms with van der Waals surface area (Å²) in [5, 5.41) is 9.03. The molecule has 0 fully saturated rings. The van der Waals surface area contributed by atoms with E-state index >= 15 is 0 Å². The molecule has 0 amide bonds. The van der Waals surface area contributed by atoms with Gasteiger partial charge in [0.05, 0.1) is 0 Å². The summed E-state index contributed by atoms with van der Waals surface area (Å²) in [6.45, 7) is 5.50. The van der Waals surface area contributed by atoms with Crippen molar-refractivity contribution in [2.45, 2.75) is 26.9 Å². The molecule has 0 aliphatic carbocycles. The standard InChI is InChI=1S/C12H15O3/c1-12(2,3)10(11(13)14)15-9-7-5-4-6-8-9/h4-5,7-8,10H,1-3H3,(H,13,14). The van der Waals surface area contributed by atoms with Crippen LogP contribution in [0.4, 0.5) is 0 Å². The number of carboxylic acid groups (broad SMARTS) is 1. The van der Waals surface area contributed by atoms with E-state index in [1.54, 1.807) is 24.3 Å². The molecule has 1 aromatic rings. The predicted octanol–water partition coefficient (Wildman–Crippen LogP) is 2.36. The minimum Gasteiger partial charge on any atom is -0.478 e. The molecule has 0 spiro atoms. The first-order chi connectivity index (χ1) is 6.91. The van der Waals surface area contributed by atoms with Crippen LogP contribution in [0.5, 0.6) is 5.75 Å². The summed E-state index contributed by atoms with van der Waals surface area (Å²) in [6.07, 6.45) is -0.853. The highest BCUT2D eigenvalue weighted by atomic mass is 16.5. The fourth-order valence-electron chi connectivity index (χ4n) is 1.18. The lowest BCUT2D eigenvalue weighted by Crippen LogP contribution is -2.39. The zero-order valence-electron chi connectivity index (χ0n) is 9.15. The fourth-order valence-corrected chi connectivity index (χ4v) is 1.18. The van der Waals surface area contributed by atoms with Crippen LogP contribution < -0.4 is 4.74 Å². The molecule has 0 aliphatic rings. The average Bonchev–Trinajstić information content (AvgIpc) is 2.13. The third kappa shape index (κ3) is 3.27. The second-order valence-electron chi connectivity index (χ2n) is 4.44. The highest BCUT2D eigenvalue weighted by molar-refractivity contribution is 5.73. The second kappa shape index (κ2) is 4.34. The Morgan fingerprint density at radius 2 is 2.20 bits per heavy atom. The normalized spacial score (nSPS) is 13.3. The molecule has 1 rings (SSSR count). The summed E-state index contributed by atoms with van der Waals surface area (Å²) in [5.41, 5.74) is -0.443. The summed E-state index contributed by atoms with van der Waals surface area (Å²) in [5.74, 6) is -0.425. The van der Waals surface area contributed by atoms with E-state index in [-0.39, 0.29) is 0 Å². The van der Waals surface area contributed by atoms with E-state index in [2.05, 4.69) is 6.07 Å². The number of hydrogen-bond donors (Lipinski definition) is 1. The van der Waals surface area contributed by atoms with Gasteiger partial charge < -0.3 is 9.84 Å². The van der Waals surface area contributed by atoms with Crippen molar-refractivity contribution in [2.24, 2.45) is 5.41 Å². The Bertz CT molecular complexity index is 324. The smallest absolute Gasteiger partial charge is 0.345 e. The van der Waals surface area contributed by atoms with E-state index in [9.17, 15) is 4.79 Å². The molecule has 1 unspecified atom stereocenters. The number of rotatable bonds is 3. The maximum absolute atomic E-state index is 11.0. The van der Waals surface area contributed by atoms with Crippen molar-refractivity contribution in [1.29, 1.82) is 0 Å². The van der Waals surface area contributed by atoms with Crippen LogP contribution in [0.2, 0.25) is 0 Å². The van der Waals surface area contributed by atoms with Crippen molar-refractivity contribution in [3.05, 3.63) is 30.3 Å². The monoisotopic (exact) mass is 207 g/mol. The Balaban J connectivity index is 2.82. The third-order valence-corrected chi connectivity index (χ3v) is 1.94. The van der Waals surface area contributed by atoms with Gasteiger partial charge >= 0.3 is 5.97 Å². The van der Waals surface area contributed by atoms with Crippen LogP contribution in [-0.4, -0.2) is 17.2 Å². The van der Waals surface area contributed by atoms with E-state index in [4.69, 9.17) is 9.84 Å². The van der Waals surface area contributed by atoms with Gasteiger partial charge in [-0.3, -0.25) is 0 Å². The van der Waals surface area contributed by atoms with E-state index in [1.165, 1.54) is 0 Å². The molecule has 0 heterocycles. The quantitative estimate of drug-likeness (QED) is 0.827. The van der Waals surface area contributed by atoms with Gasteiger partial charge in [0.25, 0.3) is 0 Å². The van der Waals surface area contributed by atoms with Gasteiger partial charge in [0.2, 0.25) is 0 Å². The lowest BCUT2D eigenvalue weighted by molar-refractivity contribution is -0.150. The molecule has 0 aliphatic heterocycles. The van der Waals surface area contributed by atoms with E-state index < -0.39 is 17.5 Å². The third-order valence-electron chi connectivity index (χ3n) is 1.94. The van der Waals surface area contributed by atoms with Gasteiger partial charge in [-0.2, -0.15) is 0 Å². The van der Waals surface area contributed by atoms with Gasteiger partial charge in [0.15, 0.2) is 6.10 Å². The first-order valence-corrected chi connectivity index (χ1v) is 4.77. The van der Waals surface area contributed by atoms with Crippen LogP contribution in [0.25, 0.3) is 0 Å². The van der Waals surface area contributed by atoms with Crippen molar-refractivity contribution in [2.75, 3.05) is 0 Å². The van der Waals surface area contributed by atoms with Crippen molar-refractivity contribution in [3.63, 3.8) is 0 Å². The Labute approximate surface area is 89.7 Å². The van der Waals surface area contributed by atoms with E-state index in [1.807, 2.05) is 20.8 Å². The average molecular weight is 207 g/mol. The Morgan fingerprint density at radius 3 is 2.60 bits per heavy atom. The van der Waals surface area contributed by atoms with Crippen molar-refractivity contribution < 1.29 is 14.6 Å². The van der Waals surface area contributed by atoms with Crippen molar-refractivity contribution in [3.8, 4) is 5.75 Å². The van der Waals surface area contributed by atoms with Crippen molar-refractivity contribution >= 4 is 5.97 Å². The van der Waals surface area contributed by atoms with Gasteiger partial charge in [-0.05, 0) is 18.2 Å². The highest BCUT2D eigenvalue weighted by Gasteiger charge is 2.33. The fraction of sp³-hybridized carbons (Fsp3) is 0.417. The SMILES string of the molecule is CC(C)(C)C(Oc1c[c]ccc1)C(=O)O.